The molecule has 0 saturated heterocycles. The Kier molecular flexibility index (Phi) is 8.10. The van der Waals surface area contributed by atoms with Crippen LogP contribution in [-0.4, -0.2) is 57.8 Å². The molecule has 3 unspecified atom stereocenters. The van der Waals surface area contributed by atoms with E-state index < -0.39 is 18.3 Å². The van der Waals surface area contributed by atoms with Crippen molar-refractivity contribution < 1.29 is 25.2 Å². The molecule has 0 aliphatic rings. The lowest BCUT2D eigenvalue weighted by Crippen LogP contribution is -2.44. The van der Waals surface area contributed by atoms with Crippen LogP contribution in [0, 0.1) is 0 Å². The molecule has 0 aromatic rings. The van der Waals surface area contributed by atoms with E-state index in [1.165, 1.54) is 0 Å². The normalized spacial score (nSPS) is 16.6. The minimum atomic E-state index is -1.37. The standard InChI is InChI=1S/C10H21NO5/c1-2-3-9(15)11-6-8(14)10(16)7(13)4-5-12/h7-8,10,12-14,16H,2-6H2,1H3,(H,11,15). The molecule has 0 aromatic carbocycles. The van der Waals surface area contributed by atoms with Gasteiger partial charge in [-0.3, -0.25) is 4.79 Å². The fourth-order valence-corrected chi connectivity index (χ4v) is 1.21. The topological polar surface area (TPSA) is 110 Å². The number of amides is 1. The monoisotopic (exact) mass is 235 g/mol. The maximum absolute atomic E-state index is 11.1. The zero-order valence-corrected chi connectivity index (χ0v) is 9.46. The van der Waals surface area contributed by atoms with Crippen LogP contribution in [0.5, 0.6) is 0 Å². The summed E-state index contributed by atoms with van der Waals surface area (Å²) in [6.07, 6.45) is -2.74. The molecular weight excluding hydrogens is 214 g/mol. The van der Waals surface area contributed by atoms with Gasteiger partial charge in [0.2, 0.25) is 5.91 Å². The van der Waals surface area contributed by atoms with Crippen molar-refractivity contribution >= 4 is 5.91 Å². The molecule has 0 aromatic heterocycles. The van der Waals surface area contributed by atoms with Gasteiger partial charge in [-0.05, 0) is 12.8 Å². The summed E-state index contributed by atoms with van der Waals surface area (Å²) in [7, 11) is 0. The predicted octanol–water partition coefficient (Wildman–Crippen LogP) is -1.63. The van der Waals surface area contributed by atoms with E-state index in [9.17, 15) is 20.1 Å². The van der Waals surface area contributed by atoms with Crippen molar-refractivity contribution in [3.8, 4) is 0 Å². The first-order chi connectivity index (χ1) is 7.52. The number of carbonyl (C=O) groups is 1. The van der Waals surface area contributed by atoms with Gasteiger partial charge in [0.15, 0.2) is 0 Å². The van der Waals surface area contributed by atoms with Gasteiger partial charge in [0.25, 0.3) is 0 Å². The molecule has 5 N–H and O–H groups in total. The lowest BCUT2D eigenvalue weighted by molar-refractivity contribution is -0.122. The van der Waals surface area contributed by atoms with Gasteiger partial charge in [-0.15, -0.1) is 0 Å². The van der Waals surface area contributed by atoms with Gasteiger partial charge in [-0.2, -0.15) is 0 Å². The highest BCUT2D eigenvalue weighted by atomic mass is 16.4. The summed E-state index contributed by atoms with van der Waals surface area (Å²) in [6, 6.07) is 0. The summed E-state index contributed by atoms with van der Waals surface area (Å²) in [5.41, 5.74) is 0. The fourth-order valence-electron chi connectivity index (χ4n) is 1.21. The third-order valence-corrected chi connectivity index (χ3v) is 2.20. The van der Waals surface area contributed by atoms with Gasteiger partial charge in [-0.25, -0.2) is 0 Å². The van der Waals surface area contributed by atoms with E-state index in [1.54, 1.807) is 0 Å². The summed E-state index contributed by atoms with van der Waals surface area (Å²) in [4.78, 5) is 11.1. The summed E-state index contributed by atoms with van der Waals surface area (Å²) in [6.45, 7) is 1.48. The molecule has 0 saturated carbocycles. The lowest BCUT2D eigenvalue weighted by Gasteiger charge is -2.22. The second-order valence-corrected chi connectivity index (χ2v) is 3.69. The molecule has 16 heavy (non-hydrogen) atoms. The third kappa shape index (κ3) is 6.02. The van der Waals surface area contributed by atoms with Crippen LogP contribution < -0.4 is 5.32 Å². The van der Waals surface area contributed by atoms with Gasteiger partial charge in [0.05, 0.1) is 12.2 Å². The molecule has 0 spiro atoms. The second-order valence-electron chi connectivity index (χ2n) is 3.69. The first-order valence-corrected chi connectivity index (χ1v) is 5.44. The molecule has 0 aliphatic heterocycles. The van der Waals surface area contributed by atoms with Crippen molar-refractivity contribution in [1.82, 2.24) is 5.32 Å². The summed E-state index contributed by atoms with van der Waals surface area (Å²) < 4.78 is 0. The average Bonchev–Trinajstić information content (AvgIpc) is 2.25. The van der Waals surface area contributed by atoms with Crippen LogP contribution in [0.25, 0.3) is 0 Å². The summed E-state index contributed by atoms with van der Waals surface area (Å²) in [5.74, 6) is -0.203. The Morgan fingerprint density at radius 3 is 2.38 bits per heavy atom. The number of hydrogen-bond acceptors (Lipinski definition) is 5. The van der Waals surface area contributed by atoms with Crippen molar-refractivity contribution in [2.45, 2.75) is 44.5 Å². The Morgan fingerprint density at radius 2 is 1.88 bits per heavy atom. The Labute approximate surface area is 94.9 Å². The highest BCUT2D eigenvalue weighted by molar-refractivity contribution is 5.75. The van der Waals surface area contributed by atoms with E-state index >= 15 is 0 Å². The van der Waals surface area contributed by atoms with Crippen molar-refractivity contribution in [3.05, 3.63) is 0 Å². The van der Waals surface area contributed by atoms with Gasteiger partial charge < -0.3 is 25.7 Å². The lowest BCUT2D eigenvalue weighted by atomic mass is 10.1. The molecule has 0 rings (SSSR count). The smallest absolute Gasteiger partial charge is 0.220 e. The largest absolute Gasteiger partial charge is 0.396 e. The molecule has 0 aliphatic carbocycles. The van der Waals surface area contributed by atoms with Crippen LogP contribution in [0.4, 0.5) is 0 Å². The third-order valence-electron chi connectivity index (χ3n) is 2.20. The molecule has 0 bridgehead atoms. The first kappa shape index (κ1) is 15.3. The summed E-state index contributed by atoms with van der Waals surface area (Å²) >= 11 is 0. The number of hydrogen-bond donors (Lipinski definition) is 5. The molecule has 1 amide bonds. The second kappa shape index (κ2) is 8.46. The Balaban J connectivity index is 3.86. The molecule has 0 radical (unpaired) electrons. The van der Waals surface area contributed by atoms with E-state index in [4.69, 9.17) is 5.11 Å². The first-order valence-electron chi connectivity index (χ1n) is 5.44. The number of carbonyl (C=O) groups excluding carboxylic acids is 1. The number of rotatable bonds is 8. The number of nitrogens with one attached hydrogen (secondary N) is 1. The minimum absolute atomic E-state index is 0.0128. The molecular formula is C10H21NO5. The molecule has 6 nitrogen and oxygen atoms in total. The van der Waals surface area contributed by atoms with E-state index in [0.717, 1.165) is 0 Å². The van der Waals surface area contributed by atoms with E-state index in [2.05, 4.69) is 5.32 Å². The number of aliphatic hydroxyl groups excluding tert-OH is 4. The van der Waals surface area contributed by atoms with E-state index in [-0.39, 0.29) is 25.5 Å². The van der Waals surface area contributed by atoms with Crippen molar-refractivity contribution in [2.75, 3.05) is 13.2 Å². The SMILES string of the molecule is CCCC(=O)NCC(O)C(O)C(O)CCO. The van der Waals surface area contributed by atoms with Crippen molar-refractivity contribution in [3.63, 3.8) is 0 Å². The van der Waals surface area contributed by atoms with Crippen LogP contribution >= 0.6 is 0 Å². The molecule has 96 valence electrons. The Morgan fingerprint density at radius 1 is 1.25 bits per heavy atom. The van der Waals surface area contributed by atoms with Gasteiger partial charge >= 0.3 is 0 Å². The van der Waals surface area contributed by atoms with Crippen LogP contribution in [-0.2, 0) is 4.79 Å². The fraction of sp³-hybridized carbons (Fsp3) is 0.900. The van der Waals surface area contributed by atoms with Gasteiger partial charge in [-0.1, -0.05) is 6.92 Å². The van der Waals surface area contributed by atoms with Crippen molar-refractivity contribution in [1.29, 1.82) is 0 Å². The van der Waals surface area contributed by atoms with E-state index in [0.29, 0.717) is 12.8 Å². The number of aliphatic hydroxyl groups is 4. The minimum Gasteiger partial charge on any atom is -0.396 e. The van der Waals surface area contributed by atoms with E-state index in [1.807, 2.05) is 6.92 Å². The highest BCUT2D eigenvalue weighted by Crippen LogP contribution is 2.03. The predicted molar refractivity (Wildman–Crippen MR) is 57.6 cm³/mol. The molecule has 0 fully saturated rings. The molecule has 3 atom stereocenters. The zero-order chi connectivity index (χ0) is 12.6. The summed E-state index contributed by atoms with van der Waals surface area (Å²) in [5, 5.41) is 39.1. The molecule has 0 heterocycles. The maximum Gasteiger partial charge on any atom is 0.220 e. The maximum atomic E-state index is 11.1. The van der Waals surface area contributed by atoms with Gasteiger partial charge in [0.1, 0.15) is 6.10 Å². The zero-order valence-electron chi connectivity index (χ0n) is 9.46. The molecule has 6 heteroatoms. The van der Waals surface area contributed by atoms with Crippen LogP contribution in [0.15, 0.2) is 0 Å². The van der Waals surface area contributed by atoms with Crippen LogP contribution in [0.3, 0.4) is 0 Å². The Bertz CT molecular complexity index is 200. The van der Waals surface area contributed by atoms with Crippen LogP contribution in [0.2, 0.25) is 0 Å². The Hall–Kier alpha value is -0.690. The quantitative estimate of drug-likeness (QED) is 0.347. The highest BCUT2D eigenvalue weighted by Gasteiger charge is 2.24. The average molecular weight is 235 g/mol. The van der Waals surface area contributed by atoms with Gasteiger partial charge in [0, 0.05) is 19.6 Å². The van der Waals surface area contributed by atoms with Crippen LogP contribution in [0.1, 0.15) is 26.2 Å². The van der Waals surface area contributed by atoms with Crippen molar-refractivity contribution in [2.24, 2.45) is 0 Å².